The molecular formula is C13H16ClN3OS. The number of benzene rings is 1. The second kappa shape index (κ2) is 6.93. The summed E-state index contributed by atoms with van der Waals surface area (Å²) in [6, 6.07) is 7.65. The van der Waals surface area contributed by atoms with E-state index in [1.807, 2.05) is 24.3 Å². The molecule has 0 radical (unpaired) electrons. The highest BCUT2D eigenvalue weighted by Gasteiger charge is 2.12. The van der Waals surface area contributed by atoms with E-state index in [1.165, 1.54) is 0 Å². The molecule has 0 aliphatic rings. The van der Waals surface area contributed by atoms with Gasteiger partial charge in [0, 0.05) is 30.0 Å². The number of thioether (sulfide) groups is 1. The third-order valence-electron chi connectivity index (χ3n) is 2.65. The van der Waals surface area contributed by atoms with E-state index < -0.39 is 0 Å². The SMILES string of the molecule is CCn1c(SCCOC)nnc1-c1ccc(Cl)cc1. The highest BCUT2D eigenvalue weighted by Crippen LogP contribution is 2.24. The van der Waals surface area contributed by atoms with Gasteiger partial charge in [0.05, 0.1) is 6.61 Å². The van der Waals surface area contributed by atoms with Crippen molar-refractivity contribution in [1.29, 1.82) is 0 Å². The lowest BCUT2D eigenvalue weighted by Gasteiger charge is -2.07. The third-order valence-corrected chi connectivity index (χ3v) is 3.84. The highest BCUT2D eigenvalue weighted by molar-refractivity contribution is 7.99. The van der Waals surface area contributed by atoms with Gasteiger partial charge in [0.15, 0.2) is 11.0 Å². The van der Waals surface area contributed by atoms with Gasteiger partial charge in [0.25, 0.3) is 0 Å². The monoisotopic (exact) mass is 297 g/mol. The molecule has 0 fully saturated rings. The smallest absolute Gasteiger partial charge is 0.191 e. The topological polar surface area (TPSA) is 39.9 Å². The molecule has 102 valence electrons. The van der Waals surface area contributed by atoms with Crippen LogP contribution in [-0.2, 0) is 11.3 Å². The number of ether oxygens (including phenoxy) is 1. The predicted molar refractivity (Wildman–Crippen MR) is 78.7 cm³/mol. The molecule has 0 aliphatic carbocycles. The van der Waals surface area contributed by atoms with Crippen molar-refractivity contribution in [2.45, 2.75) is 18.6 Å². The fourth-order valence-electron chi connectivity index (χ4n) is 1.71. The molecular weight excluding hydrogens is 282 g/mol. The molecule has 0 bridgehead atoms. The minimum atomic E-state index is 0.706. The van der Waals surface area contributed by atoms with Crippen molar-refractivity contribution >= 4 is 23.4 Å². The van der Waals surface area contributed by atoms with Crippen LogP contribution >= 0.6 is 23.4 Å². The maximum atomic E-state index is 5.90. The molecule has 0 spiro atoms. The quantitative estimate of drug-likeness (QED) is 0.605. The number of methoxy groups -OCH3 is 1. The molecule has 2 aromatic rings. The van der Waals surface area contributed by atoms with Crippen LogP contribution in [0.1, 0.15) is 6.92 Å². The first-order chi connectivity index (χ1) is 9.26. The Morgan fingerprint density at radius 1 is 1.26 bits per heavy atom. The average molecular weight is 298 g/mol. The van der Waals surface area contributed by atoms with Crippen LogP contribution in [0.2, 0.25) is 5.02 Å². The second-order valence-electron chi connectivity index (χ2n) is 3.90. The fourth-order valence-corrected chi connectivity index (χ4v) is 2.74. The number of hydrogen-bond donors (Lipinski definition) is 0. The molecule has 1 aromatic heterocycles. The summed E-state index contributed by atoms with van der Waals surface area (Å²) in [6.07, 6.45) is 0. The first-order valence-corrected chi connectivity index (χ1v) is 7.43. The Balaban J connectivity index is 2.23. The van der Waals surface area contributed by atoms with Crippen molar-refractivity contribution in [3.8, 4) is 11.4 Å². The summed E-state index contributed by atoms with van der Waals surface area (Å²) in [6.45, 7) is 3.63. The Kier molecular flexibility index (Phi) is 5.24. The Morgan fingerprint density at radius 2 is 2.00 bits per heavy atom. The van der Waals surface area contributed by atoms with Crippen molar-refractivity contribution in [1.82, 2.24) is 14.8 Å². The molecule has 2 rings (SSSR count). The van der Waals surface area contributed by atoms with Crippen LogP contribution in [0.15, 0.2) is 29.4 Å². The van der Waals surface area contributed by atoms with Crippen LogP contribution in [0.25, 0.3) is 11.4 Å². The zero-order valence-corrected chi connectivity index (χ0v) is 12.5. The lowest BCUT2D eigenvalue weighted by atomic mass is 10.2. The lowest BCUT2D eigenvalue weighted by Crippen LogP contribution is -2.01. The van der Waals surface area contributed by atoms with Crippen molar-refractivity contribution < 1.29 is 4.74 Å². The molecule has 4 nitrogen and oxygen atoms in total. The molecule has 19 heavy (non-hydrogen) atoms. The van der Waals surface area contributed by atoms with Crippen molar-refractivity contribution in [3.05, 3.63) is 29.3 Å². The van der Waals surface area contributed by atoms with Crippen molar-refractivity contribution in [2.75, 3.05) is 19.5 Å². The van der Waals surface area contributed by atoms with Gasteiger partial charge >= 0.3 is 0 Å². The van der Waals surface area contributed by atoms with E-state index in [0.29, 0.717) is 6.61 Å². The molecule has 0 saturated heterocycles. The minimum Gasteiger partial charge on any atom is -0.384 e. The van der Waals surface area contributed by atoms with Gasteiger partial charge in [-0.2, -0.15) is 0 Å². The predicted octanol–water partition coefficient (Wildman–Crippen LogP) is 3.36. The van der Waals surface area contributed by atoms with E-state index >= 15 is 0 Å². The first kappa shape index (κ1) is 14.4. The molecule has 0 unspecified atom stereocenters. The van der Waals surface area contributed by atoms with E-state index in [2.05, 4.69) is 21.7 Å². The van der Waals surface area contributed by atoms with Gasteiger partial charge in [-0.25, -0.2) is 0 Å². The van der Waals surface area contributed by atoms with Crippen LogP contribution in [0.4, 0.5) is 0 Å². The summed E-state index contributed by atoms with van der Waals surface area (Å²) in [5.74, 6) is 1.74. The maximum Gasteiger partial charge on any atom is 0.191 e. The minimum absolute atomic E-state index is 0.706. The standard InChI is InChI=1S/C13H16ClN3OS/c1-3-17-12(10-4-6-11(14)7-5-10)15-16-13(17)19-9-8-18-2/h4-7H,3,8-9H2,1-2H3. The number of hydrogen-bond acceptors (Lipinski definition) is 4. The van der Waals surface area contributed by atoms with E-state index in [-0.39, 0.29) is 0 Å². The number of rotatable bonds is 6. The molecule has 1 heterocycles. The highest BCUT2D eigenvalue weighted by atomic mass is 35.5. The molecule has 0 saturated carbocycles. The van der Waals surface area contributed by atoms with E-state index in [0.717, 1.165) is 33.9 Å². The Morgan fingerprint density at radius 3 is 2.63 bits per heavy atom. The fraction of sp³-hybridized carbons (Fsp3) is 0.385. The molecule has 0 amide bonds. The summed E-state index contributed by atoms with van der Waals surface area (Å²) in [5.41, 5.74) is 1.03. The van der Waals surface area contributed by atoms with E-state index in [4.69, 9.17) is 16.3 Å². The zero-order chi connectivity index (χ0) is 13.7. The Hall–Kier alpha value is -1.04. The second-order valence-corrected chi connectivity index (χ2v) is 5.40. The van der Waals surface area contributed by atoms with E-state index in [9.17, 15) is 0 Å². The molecule has 0 N–H and O–H groups in total. The molecule has 0 atom stereocenters. The van der Waals surface area contributed by atoms with Crippen LogP contribution in [0.3, 0.4) is 0 Å². The van der Waals surface area contributed by atoms with Crippen molar-refractivity contribution in [3.63, 3.8) is 0 Å². The zero-order valence-electron chi connectivity index (χ0n) is 11.0. The van der Waals surface area contributed by atoms with Gasteiger partial charge < -0.3 is 9.30 Å². The van der Waals surface area contributed by atoms with Crippen molar-refractivity contribution in [2.24, 2.45) is 0 Å². The van der Waals surface area contributed by atoms with Gasteiger partial charge in [-0.15, -0.1) is 10.2 Å². The van der Waals surface area contributed by atoms with E-state index in [1.54, 1.807) is 18.9 Å². The summed E-state index contributed by atoms with van der Waals surface area (Å²) in [7, 11) is 1.70. The summed E-state index contributed by atoms with van der Waals surface area (Å²) in [4.78, 5) is 0. The summed E-state index contributed by atoms with van der Waals surface area (Å²) >= 11 is 7.55. The van der Waals surface area contributed by atoms with Gasteiger partial charge in [0.1, 0.15) is 0 Å². The van der Waals surface area contributed by atoms with Crippen LogP contribution in [-0.4, -0.2) is 34.2 Å². The Bertz CT molecular complexity index is 527. The molecule has 1 aromatic carbocycles. The number of nitrogens with zero attached hydrogens (tertiary/aromatic N) is 3. The number of halogens is 1. The average Bonchev–Trinajstić information content (AvgIpc) is 2.83. The van der Waals surface area contributed by atoms with Crippen LogP contribution < -0.4 is 0 Å². The maximum absolute atomic E-state index is 5.90. The van der Waals surface area contributed by atoms with Gasteiger partial charge in [-0.1, -0.05) is 23.4 Å². The largest absolute Gasteiger partial charge is 0.384 e. The normalized spacial score (nSPS) is 10.9. The van der Waals surface area contributed by atoms with Crippen LogP contribution in [0, 0.1) is 0 Å². The summed E-state index contributed by atoms with van der Waals surface area (Å²) in [5, 5.41) is 10.2. The van der Waals surface area contributed by atoms with Crippen LogP contribution in [0.5, 0.6) is 0 Å². The lowest BCUT2D eigenvalue weighted by molar-refractivity contribution is 0.218. The van der Waals surface area contributed by atoms with Gasteiger partial charge in [-0.05, 0) is 31.2 Å². The van der Waals surface area contributed by atoms with Gasteiger partial charge in [-0.3, -0.25) is 0 Å². The molecule has 6 heteroatoms. The first-order valence-electron chi connectivity index (χ1n) is 6.07. The number of aromatic nitrogens is 3. The Labute approximate surface area is 122 Å². The third kappa shape index (κ3) is 3.49. The van der Waals surface area contributed by atoms with Gasteiger partial charge in [0.2, 0.25) is 0 Å². The molecule has 0 aliphatic heterocycles. The summed E-state index contributed by atoms with van der Waals surface area (Å²) < 4.78 is 7.15.